The quantitative estimate of drug-likeness (QED) is 0.667. The Balaban J connectivity index is 1.45. The Morgan fingerprint density at radius 1 is 0.682 bits per heavy atom. The number of hydrogen-bond acceptors (Lipinski definition) is 4. The fraction of sp³-hybridized carbons (Fsp3) is 0.500. The first-order valence-electron chi connectivity index (χ1n) is 7.79. The second kappa shape index (κ2) is 8.92. The highest BCUT2D eigenvalue weighted by molar-refractivity contribution is 5.78. The van der Waals surface area contributed by atoms with Crippen molar-refractivity contribution in [2.45, 2.75) is 51.4 Å². The molecule has 0 unspecified atom stereocenters. The molecule has 0 saturated heterocycles. The molecular weight excluding hydrogens is 280 g/mol. The fourth-order valence-electron chi connectivity index (χ4n) is 2.33. The van der Waals surface area contributed by atoms with E-state index in [0.29, 0.717) is 12.8 Å². The van der Waals surface area contributed by atoms with Crippen molar-refractivity contribution in [3.05, 3.63) is 37.4 Å². The molecule has 0 atom stereocenters. The largest absolute Gasteiger partial charge is 0.276 e. The first kappa shape index (κ1) is 16.1. The molecule has 0 aliphatic carbocycles. The topological polar surface area (TPSA) is 69.8 Å². The number of imidazole rings is 2. The molecule has 2 heterocycles. The normalized spacial score (nSPS) is 10.7. The molecule has 6 nitrogen and oxygen atoms in total. The number of hydrogen-bond donors (Lipinski definition) is 0. The van der Waals surface area contributed by atoms with Gasteiger partial charge in [-0.3, -0.25) is 18.7 Å². The number of nitrogens with zero attached hydrogens (tertiary/aromatic N) is 4. The Kier molecular flexibility index (Phi) is 6.54. The maximum absolute atomic E-state index is 11.7. The van der Waals surface area contributed by atoms with Gasteiger partial charge in [-0.25, -0.2) is 9.97 Å². The average molecular weight is 302 g/mol. The third-order valence-corrected chi connectivity index (χ3v) is 3.62. The molecule has 2 aromatic heterocycles. The van der Waals surface area contributed by atoms with Crippen molar-refractivity contribution in [2.75, 3.05) is 0 Å². The van der Waals surface area contributed by atoms with Gasteiger partial charge in [0.15, 0.2) is 0 Å². The summed E-state index contributed by atoms with van der Waals surface area (Å²) in [5.41, 5.74) is 0. The zero-order valence-corrected chi connectivity index (χ0v) is 12.7. The van der Waals surface area contributed by atoms with Gasteiger partial charge in [0.05, 0.1) is 0 Å². The number of rotatable bonds is 9. The van der Waals surface area contributed by atoms with Gasteiger partial charge in [-0.05, 0) is 12.8 Å². The Labute approximate surface area is 130 Å². The number of unbranched alkanes of at least 4 members (excludes halogenated alkanes) is 5. The van der Waals surface area contributed by atoms with Crippen molar-refractivity contribution in [2.24, 2.45) is 0 Å². The van der Waals surface area contributed by atoms with E-state index in [0.717, 1.165) is 38.5 Å². The molecule has 0 fully saturated rings. The van der Waals surface area contributed by atoms with Crippen LogP contribution in [0.3, 0.4) is 0 Å². The van der Waals surface area contributed by atoms with E-state index in [9.17, 15) is 9.59 Å². The van der Waals surface area contributed by atoms with Crippen LogP contribution >= 0.6 is 0 Å². The molecule has 0 aromatic carbocycles. The molecule has 2 aromatic rings. The zero-order valence-electron chi connectivity index (χ0n) is 12.7. The molecule has 118 valence electrons. The van der Waals surface area contributed by atoms with E-state index in [-0.39, 0.29) is 11.8 Å². The molecular formula is C16H22N4O2. The van der Waals surface area contributed by atoms with E-state index in [1.807, 2.05) is 0 Å². The lowest BCUT2D eigenvalue weighted by Gasteiger charge is -2.03. The molecule has 2 rings (SSSR count). The third kappa shape index (κ3) is 5.27. The lowest BCUT2D eigenvalue weighted by atomic mass is 10.1. The van der Waals surface area contributed by atoms with Crippen LogP contribution in [0.1, 0.15) is 61.0 Å². The third-order valence-electron chi connectivity index (χ3n) is 3.62. The number of carbonyl (C=O) groups excluding carboxylic acids is 2. The van der Waals surface area contributed by atoms with Crippen molar-refractivity contribution in [3.8, 4) is 0 Å². The van der Waals surface area contributed by atoms with Crippen molar-refractivity contribution < 1.29 is 9.59 Å². The smallest absolute Gasteiger partial charge is 0.231 e. The minimum absolute atomic E-state index is 0.100. The summed E-state index contributed by atoms with van der Waals surface area (Å²) in [7, 11) is 0. The fourth-order valence-corrected chi connectivity index (χ4v) is 2.33. The summed E-state index contributed by atoms with van der Waals surface area (Å²) < 4.78 is 3.06. The maximum atomic E-state index is 11.7. The van der Waals surface area contributed by atoms with Crippen molar-refractivity contribution in [1.29, 1.82) is 0 Å². The minimum atomic E-state index is 0.100. The van der Waals surface area contributed by atoms with Crippen LogP contribution in [0.15, 0.2) is 37.4 Å². The molecule has 0 radical (unpaired) electrons. The van der Waals surface area contributed by atoms with Crippen LogP contribution in [0.5, 0.6) is 0 Å². The Bertz CT molecular complexity index is 509. The molecule has 0 aliphatic heterocycles. The van der Waals surface area contributed by atoms with Crippen LogP contribution in [0.25, 0.3) is 0 Å². The van der Waals surface area contributed by atoms with Gasteiger partial charge in [0, 0.05) is 37.6 Å². The van der Waals surface area contributed by atoms with Gasteiger partial charge in [-0.2, -0.15) is 0 Å². The van der Waals surface area contributed by atoms with Crippen molar-refractivity contribution in [3.63, 3.8) is 0 Å². The summed E-state index contributed by atoms with van der Waals surface area (Å²) >= 11 is 0. The molecule has 0 aliphatic rings. The van der Waals surface area contributed by atoms with E-state index in [2.05, 4.69) is 9.97 Å². The number of aromatic nitrogens is 4. The summed E-state index contributed by atoms with van der Waals surface area (Å²) in [5, 5.41) is 0. The van der Waals surface area contributed by atoms with Crippen LogP contribution in [0.2, 0.25) is 0 Å². The predicted octanol–water partition coefficient (Wildman–Crippen LogP) is 3.18. The molecule has 0 amide bonds. The van der Waals surface area contributed by atoms with Gasteiger partial charge in [-0.1, -0.05) is 25.7 Å². The van der Waals surface area contributed by atoms with Crippen LogP contribution in [-0.4, -0.2) is 30.9 Å². The highest BCUT2D eigenvalue weighted by Crippen LogP contribution is 2.10. The van der Waals surface area contributed by atoms with E-state index < -0.39 is 0 Å². The summed E-state index contributed by atoms with van der Waals surface area (Å²) in [5.74, 6) is 0.201. The van der Waals surface area contributed by atoms with E-state index >= 15 is 0 Å². The van der Waals surface area contributed by atoms with Gasteiger partial charge in [0.1, 0.15) is 12.7 Å². The second-order valence-corrected chi connectivity index (χ2v) is 5.35. The van der Waals surface area contributed by atoms with Gasteiger partial charge in [-0.15, -0.1) is 0 Å². The first-order valence-corrected chi connectivity index (χ1v) is 7.79. The minimum Gasteiger partial charge on any atom is -0.276 e. The van der Waals surface area contributed by atoms with E-state index in [1.165, 1.54) is 9.13 Å². The lowest BCUT2D eigenvalue weighted by molar-refractivity contribution is 0.0889. The van der Waals surface area contributed by atoms with Crippen LogP contribution < -0.4 is 0 Å². The highest BCUT2D eigenvalue weighted by Gasteiger charge is 2.04. The Morgan fingerprint density at radius 3 is 1.45 bits per heavy atom. The summed E-state index contributed by atoms with van der Waals surface area (Å²) in [4.78, 5) is 31.1. The standard InChI is InChI=1S/C16H22N4O2/c21-15(19-11-9-17-13-19)7-5-3-1-2-4-6-8-16(22)20-12-10-18-14-20/h9-14H,1-8H2. The van der Waals surface area contributed by atoms with Gasteiger partial charge in [0.25, 0.3) is 0 Å². The SMILES string of the molecule is O=C(CCCCCCCCC(=O)n1ccnc1)n1ccnc1. The van der Waals surface area contributed by atoms with Crippen LogP contribution in [-0.2, 0) is 0 Å². The van der Waals surface area contributed by atoms with Crippen molar-refractivity contribution in [1.82, 2.24) is 19.1 Å². The van der Waals surface area contributed by atoms with Crippen molar-refractivity contribution >= 4 is 11.8 Å². The molecule has 0 bridgehead atoms. The summed E-state index contributed by atoms with van der Waals surface area (Å²) in [6.07, 6.45) is 16.9. The zero-order chi connectivity index (χ0) is 15.6. The molecule has 0 saturated carbocycles. The summed E-state index contributed by atoms with van der Waals surface area (Å²) in [6, 6.07) is 0. The maximum Gasteiger partial charge on any atom is 0.231 e. The summed E-state index contributed by atoms with van der Waals surface area (Å²) in [6.45, 7) is 0. The average Bonchev–Trinajstić information content (AvgIpc) is 3.22. The highest BCUT2D eigenvalue weighted by atomic mass is 16.2. The van der Waals surface area contributed by atoms with E-state index in [4.69, 9.17) is 0 Å². The molecule has 6 heteroatoms. The van der Waals surface area contributed by atoms with Crippen LogP contribution in [0, 0.1) is 0 Å². The lowest BCUT2D eigenvalue weighted by Crippen LogP contribution is -2.07. The monoisotopic (exact) mass is 302 g/mol. The van der Waals surface area contributed by atoms with E-state index in [1.54, 1.807) is 37.4 Å². The Morgan fingerprint density at radius 2 is 1.09 bits per heavy atom. The van der Waals surface area contributed by atoms with Gasteiger partial charge >= 0.3 is 0 Å². The predicted molar refractivity (Wildman–Crippen MR) is 82.6 cm³/mol. The Hall–Kier alpha value is -2.24. The van der Waals surface area contributed by atoms with Gasteiger partial charge < -0.3 is 0 Å². The first-order chi connectivity index (χ1) is 10.8. The molecule has 0 N–H and O–H groups in total. The second-order valence-electron chi connectivity index (χ2n) is 5.35. The molecule has 0 spiro atoms. The molecule has 22 heavy (non-hydrogen) atoms. The van der Waals surface area contributed by atoms with Crippen LogP contribution in [0.4, 0.5) is 0 Å². The van der Waals surface area contributed by atoms with Gasteiger partial charge in [0.2, 0.25) is 11.8 Å². The number of carbonyl (C=O) groups is 2.